The zero-order valence-corrected chi connectivity index (χ0v) is 13.4. The highest BCUT2D eigenvalue weighted by atomic mass is 16.5. The van der Waals surface area contributed by atoms with Crippen LogP contribution in [0.25, 0.3) is 0 Å². The van der Waals surface area contributed by atoms with Crippen LogP contribution in [0.1, 0.15) is 31.2 Å². The van der Waals surface area contributed by atoms with Gasteiger partial charge in [0.25, 0.3) is 0 Å². The molecule has 3 N–H and O–H groups in total. The molecule has 2 rings (SSSR count). The lowest BCUT2D eigenvalue weighted by Crippen LogP contribution is -2.26. The third kappa shape index (κ3) is 4.61. The Bertz CT molecular complexity index is 430. The van der Waals surface area contributed by atoms with Crippen molar-refractivity contribution in [2.45, 2.75) is 38.6 Å². The van der Waals surface area contributed by atoms with E-state index in [0.29, 0.717) is 12.6 Å². The van der Waals surface area contributed by atoms with E-state index in [1.807, 2.05) is 0 Å². The monoisotopic (exact) mass is 291 g/mol. The van der Waals surface area contributed by atoms with Gasteiger partial charge in [0.05, 0.1) is 6.61 Å². The Kier molecular flexibility index (Phi) is 6.33. The van der Waals surface area contributed by atoms with Crippen LogP contribution in [0.15, 0.2) is 18.2 Å². The highest BCUT2D eigenvalue weighted by molar-refractivity contribution is 5.60. The van der Waals surface area contributed by atoms with Crippen LogP contribution in [0.4, 0.5) is 11.4 Å². The van der Waals surface area contributed by atoms with Crippen LogP contribution in [0.3, 0.4) is 0 Å². The largest absolute Gasteiger partial charge is 0.383 e. The van der Waals surface area contributed by atoms with Crippen molar-refractivity contribution in [1.29, 1.82) is 0 Å². The Hall–Kier alpha value is -1.26. The van der Waals surface area contributed by atoms with Crippen molar-refractivity contribution in [3.8, 4) is 0 Å². The summed E-state index contributed by atoms with van der Waals surface area (Å²) < 4.78 is 5.31. The Morgan fingerprint density at radius 2 is 2.10 bits per heavy atom. The fourth-order valence-corrected chi connectivity index (χ4v) is 2.96. The third-order valence-corrected chi connectivity index (χ3v) is 4.17. The van der Waals surface area contributed by atoms with E-state index in [4.69, 9.17) is 10.5 Å². The number of hydrogen-bond donors (Lipinski definition) is 2. The number of benzene rings is 1. The first-order chi connectivity index (χ1) is 10.2. The first-order valence-corrected chi connectivity index (χ1v) is 8.05. The van der Waals surface area contributed by atoms with Gasteiger partial charge in [-0.2, -0.15) is 0 Å². The topological polar surface area (TPSA) is 50.5 Å². The van der Waals surface area contributed by atoms with Crippen molar-refractivity contribution in [3.63, 3.8) is 0 Å². The molecule has 0 amide bonds. The molecule has 0 bridgehead atoms. The van der Waals surface area contributed by atoms with E-state index in [0.717, 1.165) is 19.4 Å². The fourth-order valence-electron chi connectivity index (χ4n) is 2.96. The quantitative estimate of drug-likeness (QED) is 0.773. The summed E-state index contributed by atoms with van der Waals surface area (Å²) in [6.45, 7) is 6.00. The van der Waals surface area contributed by atoms with Gasteiger partial charge in [0, 0.05) is 37.6 Å². The minimum absolute atomic E-state index is 0.329. The SMILES string of the molecule is COCC(CCCN)Nc1ccc(N2CCCC2)cc1C. The molecule has 4 heteroatoms. The molecule has 1 aromatic carbocycles. The molecular formula is C17H29N3O. The summed E-state index contributed by atoms with van der Waals surface area (Å²) in [5.74, 6) is 0. The number of nitrogens with zero attached hydrogens (tertiary/aromatic N) is 1. The van der Waals surface area contributed by atoms with Crippen LogP contribution in [0.2, 0.25) is 0 Å². The van der Waals surface area contributed by atoms with Gasteiger partial charge < -0.3 is 20.7 Å². The van der Waals surface area contributed by atoms with Crippen LogP contribution in [0.5, 0.6) is 0 Å². The van der Waals surface area contributed by atoms with Gasteiger partial charge in [-0.05, 0) is 62.9 Å². The lowest BCUT2D eigenvalue weighted by Gasteiger charge is -2.23. The predicted molar refractivity (Wildman–Crippen MR) is 90.2 cm³/mol. The van der Waals surface area contributed by atoms with Crippen LogP contribution in [-0.4, -0.2) is 39.4 Å². The van der Waals surface area contributed by atoms with Crippen LogP contribution < -0.4 is 16.0 Å². The summed E-state index contributed by atoms with van der Waals surface area (Å²) in [7, 11) is 1.75. The Balaban J connectivity index is 2.01. The van der Waals surface area contributed by atoms with E-state index in [1.54, 1.807) is 7.11 Å². The van der Waals surface area contributed by atoms with Gasteiger partial charge in [0.2, 0.25) is 0 Å². The second-order valence-electron chi connectivity index (χ2n) is 5.92. The molecule has 0 radical (unpaired) electrons. The maximum Gasteiger partial charge on any atom is 0.0664 e. The van der Waals surface area contributed by atoms with Crippen molar-refractivity contribution in [3.05, 3.63) is 23.8 Å². The molecule has 0 aliphatic carbocycles. The second-order valence-corrected chi connectivity index (χ2v) is 5.92. The molecule has 1 heterocycles. The lowest BCUT2D eigenvalue weighted by atomic mass is 10.1. The van der Waals surface area contributed by atoms with Crippen molar-refractivity contribution in [2.24, 2.45) is 5.73 Å². The predicted octanol–water partition coefficient (Wildman–Crippen LogP) is 2.76. The summed E-state index contributed by atoms with van der Waals surface area (Å²) >= 11 is 0. The molecule has 4 nitrogen and oxygen atoms in total. The molecule has 118 valence electrons. The number of rotatable bonds is 8. The molecule has 0 spiro atoms. The van der Waals surface area contributed by atoms with Crippen molar-refractivity contribution >= 4 is 11.4 Å². The standard InChI is InChI=1S/C17H29N3O/c1-14-12-16(20-10-3-4-11-20)7-8-17(14)19-15(13-21-2)6-5-9-18/h7-8,12,15,19H,3-6,9-11,13,18H2,1-2H3. The highest BCUT2D eigenvalue weighted by Gasteiger charge is 2.14. The van der Waals surface area contributed by atoms with Crippen LogP contribution in [-0.2, 0) is 4.74 Å². The maximum absolute atomic E-state index is 5.61. The molecule has 1 aliphatic rings. The van der Waals surface area contributed by atoms with E-state index in [2.05, 4.69) is 35.3 Å². The summed E-state index contributed by atoms with van der Waals surface area (Å²) in [4.78, 5) is 2.47. The van der Waals surface area contributed by atoms with E-state index >= 15 is 0 Å². The fraction of sp³-hybridized carbons (Fsp3) is 0.647. The van der Waals surface area contributed by atoms with Crippen LogP contribution in [0, 0.1) is 6.92 Å². The number of aryl methyl sites for hydroxylation is 1. The first kappa shape index (κ1) is 16.1. The zero-order chi connectivity index (χ0) is 15.1. The van der Waals surface area contributed by atoms with E-state index < -0.39 is 0 Å². The maximum atomic E-state index is 5.61. The molecule has 1 unspecified atom stereocenters. The molecule has 1 aromatic rings. The zero-order valence-electron chi connectivity index (χ0n) is 13.4. The van der Waals surface area contributed by atoms with Crippen LogP contribution >= 0.6 is 0 Å². The van der Waals surface area contributed by atoms with E-state index in [1.165, 1.54) is 42.9 Å². The van der Waals surface area contributed by atoms with Crippen molar-refractivity contribution < 1.29 is 4.74 Å². The lowest BCUT2D eigenvalue weighted by molar-refractivity contribution is 0.182. The molecular weight excluding hydrogens is 262 g/mol. The molecule has 21 heavy (non-hydrogen) atoms. The summed E-state index contributed by atoms with van der Waals surface area (Å²) in [6, 6.07) is 7.05. The van der Waals surface area contributed by atoms with Gasteiger partial charge in [-0.1, -0.05) is 0 Å². The van der Waals surface area contributed by atoms with Crippen molar-refractivity contribution in [2.75, 3.05) is 43.6 Å². The third-order valence-electron chi connectivity index (χ3n) is 4.17. The molecule has 0 aromatic heterocycles. The summed E-state index contributed by atoms with van der Waals surface area (Å²) in [5.41, 5.74) is 9.46. The van der Waals surface area contributed by atoms with Gasteiger partial charge in [-0.15, -0.1) is 0 Å². The average molecular weight is 291 g/mol. The normalized spacial score (nSPS) is 16.2. The van der Waals surface area contributed by atoms with Gasteiger partial charge in [-0.3, -0.25) is 0 Å². The van der Waals surface area contributed by atoms with Gasteiger partial charge in [0.1, 0.15) is 0 Å². The molecule has 1 saturated heterocycles. The van der Waals surface area contributed by atoms with Crippen molar-refractivity contribution in [1.82, 2.24) is 0 Å². The highest BCUT2D eigenvalue weighted by Crippen LogP contribution is 2.26. The van der Waals surface area contributed by atoms with E-state index in [-0.39, 0.29) is 0 Å². The smallest absolute Gasteiger partial charge is 0.0664 e. The summed E-state index contributed by atoms with van der Waals surface area (Å²) in [5, 5.41) is 3.60. The number of ether oxygens (including phenoxy) is 1. The van der Waals surface area contributed by atoms with Gasteiger partial charge >= 0.3 is 0 Å². The minimum Gasteiger partial charge on any atom is -0.383 e. The average Bonchev–Trinajstić information content (AvgIpc) is 3.01. The van der Waals surface area contributed by atoms with E-state index in [9.17, 15) is 0 Å². The second kappa shape index (κ2) is 8.25. The number of methoxy groups -OCH3 is 1. The molecule has 1 atom stereocenters. The Morgan fingerprint density at radius 1 is 1.33 bits per heavy atom. The Morgan fingerprint density at radius 3 is 2.71 bits per heavy atom. The van der Waals surface area contributed by atoms with Gasteiger partial charge in [-0.25, -0.2) is 0 Å². The molecule has 0 saturated carbocycles. The number of nitrogens with one attached hydrogen (secondary N) is 1. The number of hydrogen-bond acceptors (Lipinski definition) is 4. The minimum atomic E-state index is 0.329. The summed E-state index contributed by atoms with van der Waals surface area (Å²) in [6.07, 6.45) is 4.69. The molecule has 1 aliphatic heterocycles. The first-order valence-electron chi connectivity index (χ1n) is 8.05. The number of anilines is 2. The number of nitrogens with two attached hydrogens (primary N) is 1. The van der Waals surface area contributed by atoms with Gasteiger partial charge in [0.15, 0.2) is 0 Å². The Labute approximate surface area is 128 Å². The molecule has 1 fully saturated rings.